The Morgan fingerprint density at radius 1 is 1.08 bits per heavy atom. The molecule has 7 heteroatoms. The topological polar surface area (TPSA) is 67.2 Å². The van der Waals surface area contributed by atoms with E-state index in [1.54, 1.807) is 24.3 Å². The Bertz CT molecular complexity index is 960. The maximum atomic E-state index is 13.1. The number of hydrogen-bond donors (Lipinski definition) is 1. The van der Waals surface area contributed by atoms with Crippen LogP contribution in [0, 0.1) is 0 Å². The fourth-order valence-corrected chi connectivity index (χ4v) is 4.77. The Morgan fingerprint density at radius 3 is 2.52 bits per heavy atom. The van der Waals surface area contributed by atoms with Crippen LogP contribution in [0.25, 0.3) is 11.4 Å². The fraction of sp³-hybridized carbons (Fsp3) is 0.278. The molecule has 3 aliphatic heterocycles. The first kappa shape index (κ1) is 16.1. The van der Waals surface area contributed by atoms with Crippen LogP contribution in [0.2, 0.25) is 0 Å². The molecule has 1 aromatic rings. The molecule has 0 amide bonds. The summed E-state index contributed by atoms with van der Waals surface area (Å²) in [5, 5.41) is 3.33. The van der Waals surface area contributed by atoms with Gasteiger partial charge in [0, 0.05) is 45.6 Å². The molecule has 0 spiro atoms. The second kappa shape index (κ2) is 6.16. The van der Waals surface area contributed by atoms with Crippen LogP contribution in [0.15, 0.2) is 58.6 Å². The van der Waals surface area contributed by atoms with Crippen molar-refractivity contribution >= 4 is 15.5 Å². The highest BCUT2D eigenvalue weighted by Crippen LogP contribution is 2.38. The number of pyridine rings is 1. The average molecular weight is 356 g/mol. The molecule has 1 aromatic carbocycles. The molecule has 0 aromatic heterocycles. The van der Waals surface area contributed by atoms with Crippen molar-refractivity contribution in [2.24, 2.45) is 7.05 Å². The molecule has 1 saturated heterocycles. The Morgan fingerprint density at radius 2 is 1.80 bits per heavy atom. The van der Waals surface area contributed by atoms with Crippen LogP contribution in [-0.2, 0) is 16.9 Å². The highest BCUT2D eigenvalue weighted by Gasteiger charge is 2.29. The number of anilines is 1. The van der Waals surface area contributed by atoms with Gasteiger partial charge in [-0.15, -0.1) is 0 Å². The zero-order valence-corrected chi connectivity index (χ0v) is 14.8. The van der Waals surface area contributed by atoms with Gasteiger partial charge in [0.05, 0.1) is 16.3 Å². The summed E-state index contributed by atoms with van der Waals surface area (Å²) < 4.78 is 28.0. The van der Waals surface area contributed by atoms with Crippen molar-refractivity contribution in [1.29, 1.82) is 0 Å². The Labute approximate surface area is 147 Å². The van der Waals surface area contributed by atoms with Gasteiger partial charge in [0.15, 0.2) is 0 Å². The highest BCUT2D eigenvalue weighted by atomic mass is 32.2. The molecule has 25 heavy (non-hydrogen) atoms. The van der Waals surface area contributed by atoms with Gasteiger partial charge in [0.2, 0.25) is 9.84 Å². The highest BCUT2D eigenvalue weighted by molar-refractivity contribution is 7.91. The van der Waals surface area contributed by atoms with E-state index in [4.69, 9.17) is 0 Å². The number of aryl methyl sites for hydroxylation is 1. The molecule has 0 aliphatic carbocycles. The predicted molar refractivity (Wildman–Crippen MR) is 96.8 cm³/mol. The molecule has 0 bridgehead atoms. The first-order valence-electron chi connectivity index (χ1n) is 8.29. The maximum Gasteiger partial charge on any atom is 0.210 e. The van der Waals surface area contributed by atoms with Crippen LogP contribution >= 0.6 is 0 Å². The summed E-state index contributed by atoms with van der Waals surface area (Å²) >= 11 is 0. The number of fused-ring (bicyclic) bond motifs is 1. The number of benzene rings is 1. The molecular weight excluding hydrogens is 336 g/mol. The minimum atomic E-state index is -3.61. The van der Waals surface area contributed by atoms with Gasteiger partial charge in [-0.25, -0.2) is 8.42 Å². The largest absolute Gasteiger partial charge is 0.367 e. The van der Waals surface area contributed by atoms with E-state index >= 15 is 0 Å². The van der Waals surface area contributed by atoms with Crippen LogP contribution in [0.4, 0.5) is 5.69 Å². The van der Waals surface area contributed by atoms with Crippen LogP contribution in [0.3, 0.4) is 0 Å². The smallest absolute Gasteiger partial charge is 0.210 e. The second-order valence-electron chi connectivity index (χ2n) is 6.19. The van der Waals surface area contributed by atoms with Crippen LogP contribution in [0.1, 0.15) is 0 Å². The molecule has 3 heterocycles. The Hall–Kier alpha value is -2.38. The number of nitrogens with zero attached hydrogens (tertiary/aromatic N) is 3. The summed E-state index contributed by atoms with van der Waals surface area (Å²) in [5.74, 6) is 0. The summed E-state index contributed by atoms with van der Waals surface area (Å²) in [6.07, 6.45) is 3.39. The van der Waals surface area contributed by atoms with E-state index in [1.807, 2.05) is 29.9 Å². The minimum absolute atomic E-state index is 0.258. The predicted octanol–water partition coefficient (Wildman–Crippen LogP) is 1.77. The third kappa shape index (κ3) is 2.69. The van der Waals surface area contributed by atoms with E-state index in [-0.39, 0.29) is 9.79 Å². The van der Waals surface area contributed by atoms with Crippen molar-refractivity contribution in [3.05, 3.63) is 48.8 Å². The lowest BCUT2D eigenvalue weighted by atomic mass is 10.2. The summed E-state index contributed by atoms with van der Waals surface area (Å²) in [5.41, 5.74) is 2.38. The quantitative estimate of drug-likeness (QED) is 0.775. The number of rotatable bonds is 3. The second-order valence-corrected chi connectivity index (χ2v) is 8.10. The van der Waals surface area contributed by atoms with Crippen molar-refractivity contribution in [3.8, 4) is 11.4 Å². The zero-order chi connectivity index (χ0) is 17.4. The SMILES string of the molecule is Cn1ccc(N2CCNCC2)c2ncc(S(=O)(=O)c3ccccc3)c1-2. The third-order valence-electron chi connectivity index (χ3n) is 4.62. The number of hydrogen-bond acceptors (Lipinski definition) is 5. The van der Waals surface area contributed by atoms with Crippen molar-refractivity contribution in [3.63, 3.8) is 0 Å². The van der Waals surface area contributed by atoms with E-state index in [0.717, 1.165) is 37.6 Å². The van der Waals surface area contributed by atoms with Gasteiger partial charge in [-0.1, -0.05) is 18.2 Å². The molecule has 130 valence electrons. The van der Waals surface area contributed by atoms with Crippen molar-refractivity contribution in [2.75, 3.05) is 31.1 Å². The van der Waals surface area contributed by atoms with E-state index in [0.29, 0.717) is 5.69 Å². The van der Waals surface area contributed by atoms with Crippen molar-refractivity contribution in [2.45, 2.75) is 9.79 Å². The summed E-state index contributed by atoms with van der Waals surface area (Å²) in [4.78, 5) is 7.29. The average Bonchev–Trinajstić information content (AvgIpc) is 3.10. The summed E-state index contributed by atoms with van der Waals surface area (Å²) in [6.45, 7) is 3.60. The summed E-state index contributed by atoms with van der Waals surface area (Å²) in [7, 11) is -1.75. The summed E-state index contributed by atoms with van der Waals surface area (Å²) in [6, 6.07) is 10.5. The van der Waals surface area contributed by atoms with Gasteiger partial charge in [0.1, 0.15) is 10.6 Å². The molecule has 6 nitrogen and oxygen atoms in total. The van der Waals surface area contributed by atoms with Gasteiger partial charge >= 0.3 is 0 Å². The maximum absolute atomic E-state index is 13.1. The molecular formula is C18H20N4O2S. The first-order chi connectivity index (χ1) is 12.1. The lowest BCUT2D eigenvalue weighted by Crippen LogP contribution is -2.43. The molecule has 0 radical (unpaired) electrons. The first-order valence-corrected chi connectivity index (χ1v) is 9.77. The molecule has 1 fully saturated rings. The van der Waals surface area contributed by atoms with Gasteiger partial charge < -0.3 is 14.8 Å². The molecule has 0 saturated carbocycles. The number of sulfone groups is 1. The van der Waals surface area contributed by atoms with Crippen LogP contribution in [-0.4, -0.2) is 44.1 Å². The standard InChI is InChI=1S/C18H20N4O2S/c1-21-10-7-15(22-11-8-19-9-12-22)17-18(21)16(13-20-17)25(23,24)14-5-3-2-4-6-14/h2-7,10,13,19H,8-9,11-12H2,1H3. The Balaban J connectivity index is 1.84. The van der Waals surface area contributed by atoms with E-state index < -0.39 is 9.84 Å². The van der Waals surface area contributed by atoms with Crippen LogP contribution in [0.5, 0.6) is 0 Å². The lowest BCUT2D eigenvalue weighted by molar-refractivity contribution is 0.588. The normalized spacial score (nSPS) is 15.6. The monoisotopic (exact) mass is 356 g/mol. The number of piperazine rings is 1. The lowest BCUT2D eigenvalue weighted by Gasteiger charge is -2.31. The van der Waals surface area contributed by atoms with Crippen molar-refractivity contribution in [1.82, 2.24) is 14.9 Å². The third-order valence-corrected chi connectivity index (χ3v) is 6.39. The van der Waals surface area contributed by atoms with Gasteiger partial charge in [-0.2, -0.15) is 0 Å². The van der Waals surface area contributed by atoms with E-state index in [1.165, 1.54) is 6.20 Å². The van der Waals surface area contributed by atoms with Crippen molar-refractivity contribution < 1.29 is 8.42 Å². The Kier molecular flexibility index (Phi) is 3.97. The molecule has 0 atom stereocenters. The molecule has 3 aliphatic rings. The zero-order valence-electron chi connectivity index (χ0n) is 14.0. The van der Waals surface area contributed by atoms with Gasteiger partial charge in [0.25, 0.3) is 0 Å². The molecule has 0 unspecified atom stereocenters. The van der Waals surface area contributed by atoms with E-state index in [2.05, 4.69) is 15.2 Å². The number of aromatic nitrogens is 2. The minimum Gasteiger partial charge on any atom is -0.367 e. The fourth-order valence-electron chi connectivity index (χ4n) is 3.31. The number of nitrogens with one attached hydrogen (secondary N) is 1. The molecule has 1 N–H and O–H groups in total. The van der Waals surface area contributed by atoms with Gasteiger partial charge in [-0.05, 0) is 18.2 Å². The van der Waals surface area contributed by atoms with Gasteiger partial charge in [-0.3, -0.25) is 4.98 Å². The van der Waals surface area contributed by atoms with Crippen LogP contribution < -0.4 is 10.2 Å². The molecule has 4 rings (SSSR count). The van der Waals surface area contributed by atoms with E-state index in [9.17, 15) is 8.42 Å².